The number of carbonyl (C=O) groups is 1. The Morgan fingerprint density at radius 2 is 2.14 bits per heavy atom. The lowest BCUT2D eigenvalue weighted by Gasteiger charge is -2.12. The first kappa shape index (κ1) is 10.4. The molecule has 1 atom stereocenters. The second-order valence-electron chi connectivity index (χ2n) is 2.83. The van der Waals surface area contributed by atoms with Gasteiger partial charge in [-0.25, -0.2) is 9.97 Å². The van der Waals surface area contributed by atoms with Crippen molar-refractivity contribution in [1.29, 1.82) is 0 Å². The zero-order chi connectivity index (χ0) is 10.4. The Balaban J connectivity index is 2.49. The van der Waals surface area contributed by atoms with E-state index >= 15 is 0 Å². The normalized spacial score (nSPS) is 11.9. The third-order valence-electron chi connectivity index (χ3n) is 1.66. The topological polar surface area (TPSA) is 66.9 Å². The van der Waals surface area contributed by atoms with Crippen LogP contribution in [0.1, 0.15) is 13.8 Å². The van der Waals surface area contributed by atoms with Gasteiger partial charge in [-0.3, -0.25) is 4.79 Å². The van der Waals surface area contributed by atoms with Crippen molar-refractivity contribution < 1.29 is 4.79 Å². The van der Waals surface area contributed by atoms with E-state index in [1.807, 2.05) is 6.92 Å². The molecule has 76 valence electrons. The number of likely N-dealkylation sites (N-methyl/N-ethyl adjacent to an activating group) is 1. The van der Waals surface area contributed by atoms with Gasteiger partial charge in [0.25, 0.3) is 0 Å². The number of aromatic nitrogens is 2. The van der Waals surface area contributed by atoms with Crippen LogP contribution in [0.4, 0.5) is 5.95 Å². The van der Waals surface area contributed by atoms with E-state index in [9.17, 15) is 4.79 Å². The maximum Gasteiger partial charge on any atom is 0.242 e. The van der Waals surface area contributed by atoms with Crippen LogP contribution in [-0.2, 0) is 4.79 Å². The van der Waals surface area contributed by atoms with Crippen molar-refractivity contribution in [1.82, 2.24) is 15.3 Å². The van der Waals surface area contributed by atoms with Gasteiger partial charge < -0.3 is 10.6 Å². The fraction of sp³-hybridized carbons (Fsp3) is 0.444. The number of nitrogens with zero attached hydrogens (tertiary/aromatic N) is 2. The molecule has 0 saturated carbocycles. The van der Waals surface area contributed by atoms with E-state index in [0.29, 0.717) is 12.5 Å². The molecule has 0 aliphatic rings. The Bertz CT molecular complexity index is 288. The molecule has 2 N–H and O–H groups in total. The van der Waals surface area contributed by atoms with Crippen molar-refractivity contribution in [3.8, 4) is 0 Å². The fourth-order valence-corrected chi connectivity index (χ4v) is 0.960. The maximum atomic E-state index is 11.3. The average molecular weight is 194 g/mol. The van der Waals surface area contributed by atoms with E-state index in [1.165, 1.54) is 0 Å². The van der Waals surface area contributed by atoms with Crippen LogP contribution in [0.2, 0.25) is 0 Å². The first-order valence-corrected chi connectivity index (χ1v) is 4.55. The largest absolute Gasteiger partial charge is 0.355 e. The lowest BCUT2D eigenvalue weighted by atomic mass is 10.3. The van der Waals surface area contributed by atoms with Crippen molar-refractivity contribution in [2.24, 2.45) is 0 Å². The summed E-state index contributed by atoms with van der Waals surface area (Å²) in [5, 5.41) is 5.60. The second kappa shape index (κ2) is 5.16. The quantitative estimate of drug-likeness (QED) is 0.728. The molecule has 5 heteroatoms. The highest BCUT2D eigenvalue weighted by atomic mass is 16.2. The molecule has 5 nitrogen and oxygen atoms in total. The van der Waals surface area contributed by atoms with Gasteiger partial charge in [0.2, 0.25) is 11.9 Å². The number of anilines is 1. The third-order valence-corrected chi connectivity index (χ3v) is 1.66. The van der Waals surface area contributed by atoms with Crippen molar-refractivity contribution in [2.45, 2.75) is 19.9 Å². The molecule has 0 aliphatic heterocycles. The zero-order valence-electron chi connectivity index (χ0n) is 8.32. The van der Waals surface area contributed by atoms with Gasteiger partial charge in [-0.05, 0) is 19.9 Å². The molecule has 0 spiro atoms. The van der Waals surface area contributed by atoms with E-state index in [-0.39, 0.29) is 11.9 Å². The van der Waals surface area contributed by atoms with Crippen molar-refractivity contribution >= 4 is 11.9 Å². The van der Waals surface area contributed by atoms with Gasteiger partial charge >= 0.3 is 0 Å². The molecule has 0 radical (unpaired) electrons. The molecule has 0 fully saturated rings. The molecule has 1 aromatic rings. The summed E-state index contributed by atoms with van der Waals surface area (Å²) in [6.45, 7) is 4.27. The number of hydrogen-bond donors (Lipinski definition) is 2. The predicted octanol–water partition coefficient (Wildman–Crippen LogP) is 0.413. The standard InChI is InChI=1S/C9H14N4O/c1-3-10-8(14)7(2)13-9-11-5-4-6-12-9/h4-7H,3H2,1-2H3,(H,10,14)(H,11,12,13). The molecule has 1 unspecified atom stereocenters. The smallest absolute Gasteiger partial charge is 0.242 e. The van der Waals surface area contributed by atoms with Crippen LogP contribution >= 0.6 is 0 Å². The van der Waals surface area contributed by atoms with Gasteiger partial charge in [-0.1, -0.05) is 0 Å². The summed E-state index contributed by atoms with van der Waals surface area (Å²) in [7, 11) is 0. The molecule has 1 rings (SSSR count). The van der Waals surface area contributed by atoms with E-state index in [4.69, 9.17) is 0 Å². The minimum absolute atomic E-state index is 0.0556. The number of carbonyl (C=O) groups excluding carboxylic acids is 1. The Morgan fingerprint density at radius 1 is 1.50 bits per heavy atom. The van der Waals surface area contributed by atoms with Crippen molar-refractivity contribution in [3.05, 3.63) is 18.5 Å². The van der Waals surface area contributed by atoms with Crippen LogP contribution in [-0.4, -0.2) is 28.5 Å². The monoisotopic (exact) mass is 194 g/mol. The van der Waals surface area contributed by atoms with Crippen molar-refractivity contribution in [2.75, 3.05) is 11.9 Å². The van der Waals surface area contributed by atoms with Crippen molar-refractivity contribution in [3.63, 3.8) is 0 Å². The van der Waals surface area contributed by atoms with Gasteiger partial charge in [0.05, 0.1) is 0 Å². The fourth-order valence-electron chi connectivity index (χ4n) is 0.960. The zero-order valence-corrected chi connectivity index (χ0v) is 8.32. The lowest BCUT2D eigenvalue weighted by Crippen LogP contribution is -2.37. The maximum absolute atomic E-state index is 11.3. The van der Waals surface area contributed by atoms with Gasteiger partial charge in [0.15, 0.2) is 0 Å². The van der Waals surface area contributed by atoms with Crippen LogP contribution in [0.25, 0.3) is 0 Å². The molecule has 14 heavy (non-hydrogen) atoms. The first-order chi connectivity index (χ1) is 6.74. The van der Waals surface area contributed by atoms with Crippen LogP contribution in [0.15, 0.2) is 18.5 Å². The highest BCUT2D eigenvalue weighted by Gasteiger charge is 2.11. The Morgan fingerprint density at radius 3 is 2.71 bits per heavy atom. The molecule has 1 heterocycles. The minimum Gasteiger partial charge on any atom is -0.355 e. The number of rotatable bonds is 4. The molecular weight excluding hydrogens is 180 g/mol. The van der Waals surface area contributed by atoms with Gasteiger partial charge in [0, 0.05) is 18.9 Å². The molecule has 1 amide bonds. The number of amides is 1. The first-order valence-electron chi connectivity index (χ1n) is 4.55. The van der Waals surface area contributed by atoms with E-state index in [1.54, 1.807) is 25.4 Å². The van der Waals surface area contributed by atoms with Gasteiger partial charge in [-0.2, -0.15) is 0 Å². The summed E-state index contributed by atoms with van der Waals surface area (Å²) < 4.78 is 0. The summed E-state index contributed by atoms with van der Waals surface area (Å²) in [6.07, 6.45) is 3.25. The Hall–Kier alpha value is -1.65. The summed E-state index contributed by atoms with van der Waals surface area (Å²) in [5.41, 5.74) is 0. The van der Waals surface area contributed by atoms with E-state index in [0.717, 1.165) is 0 Å². The van der Waals surface area contributed by atoms with Crippen LogP contribution in [0.5, 0.6) is 0 Å². The lowest BCUT2D eigenvalue weighted by molar-refractivity contribution is -0.121. The number of hydrogen-bond acceptors (Lipinski definition) is 4. The summed E-state index contributed by atoms with van der Waals surface area (Å²) in [5.74, 6) is 0.409. The molecule has 0 aromatic carbocycles. The molecule has 0 bridgehead atoms. The minimum atomic E-state index is -0.322. The SMILES string of the molecule is CCNC(=O)C(C)Nc1ncccn1. The molecule has 0 saturated heterocycles. The second-order valence-corrected chi connectivity index (χ2v) is 2.83. The van der Waals surface area contributed by atoms with Crippen LogP contribution < -0.4 is 10.6 Å². The van der Waals surface area contributed by atoms with Gasteiger partial charge in [-0.15, -0.1) is 0 Å². The number of nitrogens with one attached hydrogen (secondary N) is 2. The average Bonchev–Trinajstić information content (AvgIpc) is 2.19. The molecule has 1 aromatic heterocycles. The van der Waals surface area contributed by atoms with Crippen LogP contribution in [0.3, 0.4) is 0 Å². The molecular formula is C9H14N4O. The Kier molecular flexibility index (Phi) is 3.84. The summed E-state index contributed by atoms with van der Waals surface area (Å²) in [4.78, 5) is 19.2. The third kappa shape index (κ3) is 3.01. The van der Waals surface area contributed by atoms with Crippen LogP contribution in [0, 0.1) is 0 Å². The summed E-state index contributed by atoms with van der Waals surface area (Å²) in [6, 6.07) is 1.40. The molecule has 0 aliphatic carbocycles. The van der Waals surface area contributed by atoms with E-state index in [2.05, 4.69) is 20.6 Å². The van der Waals surface area contributed by atoms with Gasteiger partial charge in [0.1, 0.15) is 6.04 Å². The van der Waals surface area contributed by atoms with E-state index < -0.39 is 0 Å². The highest BCUT2D eigenvalue weighted by molar-refractivity contribution is 5.83. The highest BCUT2D eigenvalue weighted by Crippen LogP contribution is 1.97. The Labute approximate surface area is 83.0 Å². The summed E-state index contributed by atoms with van der Waals surface area (Å²) >= 11 is 0. The predicted molar refractivity (Wildman–Crippen MR) is 53.8 cm³/mol.